The highest BCUT2D eigenvalue weighted by molar-refractivity contribution is 5.95. The zero-order valence-corrected chi connectivity index (χ0v) is 16.2. The van der Waals surface area contributed by atoms with Gasteiger partial charge >= 0.3 is 0 Å². The van der Waals surface area contributed by atoms with Gasteiger partial charge in [-0.25, -0.2) is 15.0 Å². The third-order valence-corrected chi connectivity index (χ3v) is 4.66. The van der Waals surface area contributed by atoms with Crippen molar-refractivity contribution in [3.05, 3.63) is 83.6 Å². The van der Waals surface area contributed by atoms with Crippen LogP contribution in [0.3, 0.4) is 0 Å². The molecule has 0 aliphatic carbocycles. The van der Waals surface area contributed by atoms with Crippen LogP contribution in [0.5, 0.6) is 0 Å². The number of hydrogen-bond donors (Lipinski definition) is 3. The number of carbonyl (C=O) groups is 1. The largest absolute Gasteiger partial charge is 0.395 e. The molecule has 2 aromatic heterocycles. The first-order valence-electron chi connectivity index (χ1n) is 9.60. The van der Waals surface area contributed by atoms with Crippen LogP contribution in [0.25, 0.3) is 22.3 Å². The molecule has 0 aliphatic rings. The van der Waals surface area contributed by atoms with Gasteiger partial charge in [-0.05, 0) is 29.8 Å². The monoisotopic (exact) mass is 399 g/mol. The lowest BCUT2D eigenvalue weighted by atomic mass is 10.1. The molecule has 2 aromatic carbocycles. The summed E-state index contributed by atoms with van der Waals surface area (Å²) >= 11 is 0. The fraction of sp³-hybridized carbons (Fsp3) is 0.130. The Morgan fingerprint density at radius 1 is 0.967 bits per heavy atom. The first kappa shape index (κ1) is 19.5. The Hall–Kier alpha value is -3.84. The Morgan fingerprint density at radius 3 is 2.60 bits per heavy atom. The minimum absolute atomic E-state index is 0.106. The number of nitrogens with two attached hydrogens (primary N) is 1. The van der Waals surface area contributed by atoms with E-state index in [9.17, 15) is 4.79 Å². The van der Waals surface area contributed by atoms with Crippen molar-refractivity contribution < 1.29 is 9.90 Å². The molecule has 0 bridgehead atoms. The molecule has 0 aliphatic heterocycles. The predicted molar refractivity (Wildman–Crippen MR) is 116 cm³/mol. The highest BCUT2D eigenvalue weighted by Crippen LogP contribution is 2.24. The van der Waals surface area contributed by atoms with Crippen LogP contribution in [-0.4, -0.2) is 39.1 Å². The van der Waals surface area contributed by atoms with Crippen molar-refractivity contribution in [1.29, 1.82) is 0 Å². The second-order valence-corrected chi connectivity index (χ2v) is 6.82. The standard InChI is InChI=1S/C23H21N5O2/c24-23-27-19-10-9-18(16-7-4-8-17(14-16)22(30)25-11-12-29)26-21(19)20(28-23)13-15-5-2-1-3-6-15/h1-10,14,29H,11-13H2,(H,25,30)(H2,24,27,28). The van der Waals surface area contributed by atoms with Gasteiger partial charge in [0.1, 0.15) is 5.52 Å². The number of aliphatic hydroxyl groups excluding tert-OH is 1. The van der Waals surface area contributed by atoms with E-state index < -0.39 is 0 Å². The van der Waals surface area contributed by atoms with Crippen LogP contribution in [0.2, 0.25) is 0 Å². The summed E-state index contributed by atoms with van der Waals surface area (Å²) in [5.74, 6) is -0.0295. The van der Waals surface area contributed by atoms with Crippen LogP contribution >= 0.6 is 0 Å². The van der Waals surface area contributed by atoms with Gasteiger partial charge in [-0.2, -0.15) is 0 Å². The van der Waals surface area contributed by atoms with E-state index in [2.05, 4.69) is 15.3 Å². The van der Waals surface area contributed by atoms with Crippen molar-refractivity contribution in [3.63, 3.8) is 0 Å². The maximum atomic E-state index is 12.2. The number of aliphatic hydroxyl groups is 1. The molecular formula is C23H21N5O2. The lowest BCUT2D eigenvalue weighted by Gasteiger charge is -2.09. The molecular weight excluding hydrogens is 378 g/mol. The number of hydrogen-bond acceptors (Lipinski definition) is 6. The highest BCUT2D eigenvalue weighted by Gasteiger charge is 2.12. The Balaban J connectivity index is 1.73. The number of anilines is 1. The van der Waals surface area contributed by atoms with Gasteiger partial charge in [-0.1, -0.05) is 42.5 Å². The van der Waals surface area contributed by atoms with Gasteiger partial charge in [-0.15, -0.1) is 0 Å². The second-order valence-electron chi connectivity index (χ2n) is 6.82. The number of benzene rings is 2. The molecule has 0 spiro atoms. The van der Waals surface area contributed by atoms with Gasteiger partial charge in [0, 0.05) is 24.1 Å². The molecule has 4 N–H and O–H groups in total. The van der Waals surface area contributed by atoms with Crippen molar-refractivity contribution in [3.8, 4) is 11.3 Å². The highest BCUT2D eigenvalue weighted by atomic mass is 16.3. The Kier molecular flexibility index (Phi) is 5.63. The summed E-state index contributed by atoms with van der Waals surface area (Å²) in [6, 6.07) is 20.9. The van der Waals surface area contributed by atoms with E-state index >= 15 is 0 Å². The number of amides is 1. The number of aromatic nitrogens is 3. The molecule has 1 amide bonds. The number of nitrogens with zero attached hydrogens (tertiary/aromatic N) is 3. The summed E-state index contributed by atoms with van der Waals surface area (Å²) in [5, 5.41) is 11.6. The smallest absolute Gasteiger partial charge is 0.251 e. The summed E-state index contributed by atoms with van der Waals surface area (Å²) in [6.07, 6.45) is 0.587. The molecule has 150 valence electrons. The third-order valence-electron chi connectivity index (χ3n) is 4.66. The van der Waals surface area contributed by atoms with Crippen LogP contribution < -0.4 is 11.1 Å². The maximum absolute atomic E-state index is 12.2. The number of carbonyl (C=O) groups excluding carboxylic acids is 1. The normalized spacial score (nSPS) is 10.8. The Labute approximate surface area is 173 Å². The minimum Gasteiger partial charge on any atom is -0.395 e. The average Bonchev–Trinajstić information content (AvgIpc) is 2.78. The maximum Gasteiger partial charge on any atom is 0.251 e. The summed E-state index contributed by atoms with van der Waals surface area (Å²) < 4.78 is 0. The summed E-state index contributed by atoms with van der Waals surface area (Å²) in [6.45, 7) is 0.101. The van der Waals surface area contributed by atoms with Gasteiger partial charge in [0.2, 0.25) is 5.95 Å². The van der Waals surface area contributed by atoms with E-state index in [1.54, 1.807) is 18.2 Å². The van der Waals surface area contributed by atoms with E-state index in [1.807, 2.05) is 48.5 Å². The van der Waals surface area contributed by atoms with Crippen molar-refractivity contribution in [2.75, 3.05) is 18.9 Å². The third kappa shape index (κ3) is 4.26. The molecule has 30 heavy (non-hydrogen) atoms. The van der Waals surface area contributed by atoms with E-state index in [4.69, 9.17) is 15.8 Å². The van der Waals surface area contributed by atoms with Crippen molar-refractivity contribution in [1.82, 2.24) is 20.3 Å². The predicted octanol–water partition coefficient (Wildman–Crippen LogP) is 2.59. The first-order chi connectivity index (χ1) is 14.6. The van der Waals surface area contributed by atoms with Gasteiger partial charge in [0.05, 0.1) is 23.5 Å². The molecule has 0 atom stereocenters. The quantitative estimate of drug-likeness (QED) is 0.459. The van der Waals surface area contributed by atoms with Crippen molar-refractivity contribution >= 4 is 22.9 Å². The molecule has 0 fully saturated rings. The zero-order valence-electron chi connectivity index (χ0n) is 16.2. The van der Waals surface area contributed by atoms with Gasteiger partial charge in [0.25, 0.3) is 5.91 Å². The van der Waals surface area contributed by atoms with Crippen LogP contribution in [-0.2, 0) is 6.42 Å². The van der Waals surface area contributed by atoms with Crippen LogP contribution in [0, 0.1) is 0 Å². The first-order valence-corrected chi connectivity index (χ1v) is 9.60. The number of pyridine rings is 1. The number of rotatable bonds is 6. The van der Waals surface area contributed by atoms with Gasteiger partial charge in [-0.3, -0.25) is 4.79 Å². The average molecular weight is 399 g/mol. The van der Waals surface area contributed by atoms with Crippen molar-refractivity contribution in [2.45, 2.75) is 6.42 Å². The van der Waals surface area contributed by atoms with E-state index in [0.29, 0.717) is 28.7 Å². The molecule has 7 heteroatoms. The van der Waals surface area contributed by atoms with E-state index in [1.165, 1.54) is 0 Å². The topological polar surface area (TPSA) is 114 Å². The van der Waals surface area contributed by atoms with Crippen LogP contribution in [0.4, 0.5) is 5.95 Å². The summed E-state index contributed by atoms with van der Waals surface area (Å²) in [4.78, 5) is 25.7. The fourth-order valence-corrected chi connectivity index (χ4v) is 3.26. The number of nitrogen functional groups attached to an aromatic ring is 1. The van der Waals surface area contributed by atoms with Crippen LogP contribution in [0.1, 0.15) is 21.6 Å². The SMILES string of the molecule is Nc1nc(Cc2ccccc2)c2nc(-c3cccc(C(=O)NCCO)c3)ccc2n1. The van der Waals surface area contributed by atoms with Gasteiger partial charge < -0.3 is 16.2 Å². The molecule has 0 unspecified atom stereocenters. The van der Waals surface area contributed by atoms with Crippen molar-refractivity contribution in [2.24, 2.45) is 0 Å². The molecule has 0 saturated heterocycles. The Morgan fingerprint density at radius 2 is 1.80 bits per heavy atom. The Bertz CT molecular complexity index is 1190. The molecule has 4 rings (SSSR count). The van der Waals surface area contributed by atoms with Crippen LogP contribution in [0.15, 0.2) is 66.7 Å². The molecule has 4 aromatic rings. The molecule has 7 nitrogen and oxygen atoms in total. The molecule has 2 heterocycles. The summed E-state index contributed by atoms with van der Waals surface area (Å²) in [5.41, 5.74) is 11.1. The minimum atomic E-state index is -0.243. The molecule has 0 radical (unpaired) electrons. The molecule has 0 saturated carbocycles. The fourth-order valence-electron chi connectivity index (χ4n) is 3.26. The second kappa shape index (κ2) is 8.67. The van der Waals surface area contributed by atoms with Gasteiger partial charge in [0.15, 0.2) is 0 Å². The number of nitrogens with one attached hydrogen (secondary N) is 1. The lowest BCUT2D eigenvalue weighted by molar-refractivity contribution is 0.0945. The number of fused-ring (bicyclic) bond motifs is 1. The zero-order chi connectivity index (χ0) is 20.9. The lowest BCUT2D eigenvalue weighted by Crippen LogP contribution is -2.26. The summed E-state index contributed by atoms with van der Waals surface area (Å²) in [7, 11) is 0. The van der Waals surface area contributed by atoms with E-state index in [-0.39, 0.29) is 25.0 Å². The van der Waals surface area contributed by atoms with E-state index in [0.717, 1.165) is 16.8 Å².